The molecule has 2 nitrogen and oxygen atoms in total. The molecule has 0 aromatic carbocycles. The predicted octanol–water partition coefficient (Wildman–Crippen LogP) is 2.81. The van der Waals surface area contributed by atoms with Gasteiger partial charge in [0.05, 0.1) is 0 Å². The lowest BCUT2D eigenvalue weighted by Crippen LogP contribution is -2.33. The molecule has 0 fully saturated rings. The van der Waals surface area contributed by atoms with Crippen LogP contribution in [0.4, 0.5) is 0 Å². The largest absolute Gasteiger partial charge is 0.396 e. The number of aliphatic hydroxyl groups is 1. The van der Waals surface area contributed by atoms with E-state index in [0.717, 1.165) is 18.9 Å². The quantitative estimate of drug-likeness (QED) is 0.620. The molecule has 0 saturated heterocycles. The standard InChI is InChI=1S/C13H29NO/c1-5-13(6-2)14-10-12(7-8-15)9-11(3)4/h11-15H,5-10H2,1-4H3. The topological polar surface area (TPSA) is 32.3 Å². The zero-order valence-corrected chi connectivity index (χ0v) is 10.9. The second-order valence-electron chi connectivity index (χ2n) is 4.93. The first kappa shape index (κ1) is 14.9. The van der Waals surface area contributed by atoms with Gasteiger partial charge in [0.2, 0.25) is 0 Å². The van der Waals surface area contributed by atoms with Crippen molar-refractivity contribution in [2.45, 2.75) is 59.4 Å². The van der Waals surface area contributed by atoms with E-state index in [4.69, 9.17) is 5.11 Å². The van der Waals surface area contributed by atoms with E-state index in [0.29, 0.717) is 18.6 Å². The third kappa shape index (κ3) is 7.80. The Labute approximate surface area is 95.5 Å². The number of hydrogen-bond acceptors (Lipinski definition) is 2. The van der Waals surface area contributed by atoms with E-state index in [1.165, 1.54) is 19.3 Å². The van der Waals surface area contributed by atoms with Crippen molar-refractivity contribution < 1.29 is 5.11 Å². The highest BCUT2D eigenvalue weighted by molar-refractivity contribution is 4.69. The second-order valence-corrected chi connectivity index (χ2v) is 4.93. The molecule has 0 radical (unpaired) electrons. The summed E-state index contributed by atoms with van der Waals surface area (Å²) in [6.07, 6.45) is 4.55. The molecule has 15 heavy (non-hydrogen) atoms. The van der Waals surface area contributed by atoms with E-state index in [-0.39, 0.29) is 0 Å². The summed E-state index contributed by atoms with van der Waals surface area (Å²) in [5, 5.41) is 12.6. The first-order valence-electron chi connectivity index (χ1n) is 6.48. The third-order valence-electron chi connectivity index (χ3n) is 3.02. The molecule has 0 bridgehead atoms. The van der Waals surface area contributed by atoms with Gasteiger partial charge in [-0.2, -0.15) is 0 Å². The van der Waals surface area contributed by atoms with Crippen molar-refractivity contribution in [2.75, 3.05) is 13.2 Å². The van der Waals surface area contributed by atoms with Gasteiger partial charge in [-0.15, -0.1) is 0 Å². The van der Waals surface area contributed by atoms with Crippen molar-refractivity contribution in [3.05, 3.63) is 0 Å². The van der Waals surface area contributed by atoms with Crippen molar-refractivity contribution >= 4 is 0 Å². The van der Waals surface area contributed by atoms with Crippen molar-refractivity contribution in [2.24, 2.45) is 11.8 Å². The van der Waals surface area contributed by atoms with E-state index >= 15 is 0 Å². The van der Waals surface area contributed by atoms with Gasteiger partial charge in [0.15, 0.2) is 0 Å². The molecule has 0 rings (SSSR count). The van der Waals surface area contributed by atoms with Gasteiger partial charge in [0, 0.05) is 12.6 Å². The van der Waals surface area contributed by atoms with Crippen LogP contribution in [0.15, 0.2) is 0 Å². The molecule has 2 heteroatoms. The van der Waals surface area contributed by atoms with Crippen molar-refractivity contribution in [3.63, 3.8) is 0 Å². The first-order valence-corrected chi connectivity index (χ1v) is 6.48. The summed E-state index contributed by atoms with van der Waals surface area (Å²) in [6.45, 7) is 10.3. The Morgan fingerprint density at radius 1 is 1.13 bits per heavy atom. The van der Waals surface area contributed by atoms with Crippen LogP contribution in [0.25, 0.3) is 0 Å². The van der Waals surface area contributed by atoms with Crippen molar-refractivity contribution in [1.29, 1.82) is 0 Å². The first-order chi connectivity index (χ1) is 7.13. The molecule has 0 aromatic rings. The van der Waals surface area contributed by atoms with Gasteiger partial charge in [0.1, 0.15) is 0 Å². The van der Waals surface area contributed by atoms with Gasteiger partial charge >= 0.3 is 0 Å². The van der Waals surface area contributed by atoms with Crippen LogP contribution in [0.1, 0.15) is 53.4 Å². The van der Waals surface area contributed by atoms with E-state index in [1.807, 2.05) is 0 Å². The van der Waals surface area contributed by atoms with E-state index in [9.17, 15) is 0 Å². The molecule has 92 valence electrons. The van der Waals surface area contributed by atoms with Crippen molar-refractivity contribution in [3.8, 4) is 0 Å². The molecule has 0 saturated carbocycles. The minimum Gasteiger partial charge on any atom is -0.396 e. The Bertz CT molecular complexity index is 132. The molecule has 0 amide bonds. The molecular formula is C13H29NO. The fourth-order valence-electron chi connectivity index (χ4n) is 2.06. The fraction of sp³-hybridized carbons (Fsp3) is 1.00. The lowest BCUT2D eigenvalue weighted by Gasteiger charge is -2.22. The Morgan fingerprint density at radius 2 is 1.73 bits per heavy atom. The van der Waals surface area contributed by atoms with Crippen LogP contribution in [-0.4, -0.2) is 24.3 Å². The molecule has 0 aliphatic carbocycles. The van der Waals surface area contributed by atoms with Crippen LogP contribution in [0, 0.1) is 11.8 Å². The van der Waals surface area contributed by atoms with Crippen molar-refractivity contribution in [1.82, 2.24) is 5.32 Å². The van der Waals surface area contributed by atoms with Crippen LogP contribution < -0.4 is 5.32 Å². The van der Waals surface area contributed by atoms with Gasteiger partial charge in [-0.25, -0.2) is 0 Å². The number of hydrogen-bond donors (Lipinski definition) is 2. The maximum atomic E-state index is 9.00. The van der Waals surface area contributed by atoms with Gasteiger partial charge in [-0.3, -0.25) is 0 Å². The zero-order chi connectivity index (χ0) is 11.7. The van der Waals surface area contributed by atoms with Crippen LogP contribution >= 0.6 is 0 Å². The predicted molar refractivity (Wildman–Crippen MR) is 67.0 cm³/mol. The second kappa shape index (κ2) is 9.17. The zero-order valence-electron chi connectivity index (χ0n) is 10.9. The molecule has 0 aromatic heterocycles. The van der Waals surface area contributed by atoms with Gasteiger partial charge in [-0.1, -0.05) is 27.7 Å². The average Bonchev–Trinajstić information content (AvgIpc) is 2.18. The average molecular weight is 215 g/mol. The minimum absolute atomic E-state index is 0.321. The van der Waals surface area contributed by atoms with Crippen LogP contribution in [-0.2, 0) is 0 Å². The summed E-state index contributed by atoms with van der Waals surface area (Å²) < 4.78 is 0. The number of rotatable bonds is 9. The molecular weight excluding hydrogens is 186 g/mol. The van der Waals surface area contributed by atoms with Gasteiger partial charge in [-0.05, 0) is 44.1 Å². The molecule has 1 unspecified atom stereocenters. The highest BCUT2D eigenvalue weighted by Gasteiger charge is 2.12. The smallest absolute Gasteiger partial charge is 0.0434 e. The SMILES string of the molecule is CCC(CC)NCC(CCO)CC(C)C. The lowest BCUT2D eigenvalue weighted by atomic mass is 9.94. The minimum atomic E-state index is 0.321. The summed E-state index contributed by atoms with van der Waals surface area (Å²) in [5.74, 6) is 1.36. The van der Waals surface area contributed by atoms with E-state index in [1.54, 1.807) is 0 Å². The monoisotopic (exact) mass is 215 g/mol. The molecule has 2 N–H and O–H groups in total. The number of nitrogens with one attached hydrogen (secondary N) is 1. The van der Waals surface area contributed by atoms with Crippen LogP contribution in [0.3, 0.4) is 0 Å². The molecule has 0 heterocycles. The van der Waals surface area contributed by atoms with E-state index in [2.05, 4.69) is 33.0 Å². The summed E-state index contributed by atoms with van der Waals surface area (Å²) in [5.41, 5.74) is 0. The number of aliphatic hydroxyl groups excluding tert-OH is 1. The van der Waals surface area contributed by atoms with Crippen LogP contribution in [0.2, 0.25) is 0 Å². The lowest BCUT2D eigenvalue weighted by molar-refractivity contribution is 0.235. The van der Waals surface area contributed by atoms with Gasteiger partial charge < -0.3 is 10.4 Å². The maximum Gasteiger partial charge on any atom is 0.0434 e. The molecule has 0 spiro atoms. The Hall–Kier alpha value is -0.0800. The van der Waals surface area contributed by atoms with Crippen LogP contribution in [0.5, 0.6) is 0 Å². The van der Waals surface area contributed by atoms with E-state index < -0.39 is 0 Å². The fourth-order valence-corrected chi connectivity index (χ4v) is 2.06. The summed E-state index contributed by atoms with van der Waals surface area (Å²) >= 11 is 0. The summed E-state index contributed by atoms with van der Waals surface area (Å²) in [7, 11) is 0. The molecule has 0 aliphatic rings. The highest BCUT2D eigenvalue weighted by atomic mass is 16.3. The highest BCUT2D eigenvalue weighted by Crippen LogP contribution is 2.14. The Balaban J connectivity index is 3.82. The third-order valence-corrected chi connectivity index (χ3v) is 3.02. The normalized spacial score (nSPS) is 13.8. The maximum absolute atomic E-state index is 9.00. The Morgan fingerprint density at radius 3 is 2.13 bits per heavy atom. The summed E-state index contributed by atoms with van der Waals surface area (Å²) in [6, 6.07) is 0.651. The van der Waals surface area contributed by atoms with Gasteiger partial charge in [0.25, 0.3) is 0 Å². The molecule has 0 aliphatic heterocycles. The summed E-state index contributed by atoms with van der Waals surface area (Å²) in [4.78, 5) is 0. The Kier molecular flexibility index (Phi) is 9.12. The molecule has 1 atom stereocenters.